The summed E-state index contributed by atoms with van der Waals surface area (Å²) >= 11 is 0. The van der Waals surface area contributed by atoms with Crippen LogP contribution in [0.15, 0.2) is 12.2 Å². The zero-order valence-electron chi connectivity index (χ0n) is 13.2. The van der Waals surface area contributed by atoms with Crippen LogP contribution in [0.25, 0.3) is 0 Å². The molecule has 0 aromatic heterocycles. The number of hydrogen-bond donors (Lipinski definition) is 1. The molecule has 1 aliphatic rings. The monoisotopic (exact) mass is 296 g/mol. The van der Waals surface area contributed by atoms with Crippen LogP contribution < -0.4 is 0 Å². The molecule has 0 fully saturated rings. The van der Waals surface area contributed by atoms with Gasteiger partial charge in [0, 0.05) is 0 Å². The molecule has 0 radical (unpaired) electrons. The standard InChI is InChI=1S/C17H28O4/c1-3-4-5-6-7-8-11-21-17(20)14-10-9-13(2)12-15(14)16(18)19/h9-10,13-15H,3-8,11-12H2,1-2H3,(H,18,19). The van der Waals surface area contributed by atoms with Gasteiger partial charge in [-0.1, -0.05) is 58.1 Å². The number of allylic oxidation sites excluding steroid dienone is 1. The SMILES string of the molecule is CCCCCCCCOC(=O)C1C=CC(C)CC1C(=O)O. The number of carboxylic acid groups (broad SMARTS) is 1. The second-order valence-corrected chi connectivity index (χ2v) is 6.00. The van der Waals surface area contributed by atoms with Gasteiger partial charge in [0.15, 0.2) is 0 Å². The number of carbonyl (C=O) groups excluding carboxylic acids is 1. The Kier molecular flexibility index (Phi) is 8.09. The van der Waals surface area contributed by atoms with Crippen molar-refractivity contribution in [1.82, 2.24) is 0 Å². The molecule has 0 aromatic carbocycles. The maximum Gasteiger partial charge on any atom is 0.313 e. The zero-order valence-corrected chi connectivity index (χ0v) is 13.2. The molecule has 0 aromatic rings. The van der Waals surface area contributed by atoms with Crippen molar-refractivity contribution in [1.29, 1.82) is 0 Å². The molecule has 4 heteroatoms. The average Bonchev–Trinajstić information content (AvgIpc) is 2.46. The third-order valence-corrected chi connectivity index (χ3v) is 4.04. The number of carbonyl (C=O) groups is 2. The Morgan fingerprint density at radius 2 is 1.81 bits per heavy atom. The Bertz CT molecular complexity index is 362. The van der Waals surface area contributed by atoms with Gasteiger partial charge in [0.05, 0.1) is 18.4 Å². The van der Waals surface area contributed by atoms with Gasteiger partial charge in [0.2, 0.25) is 0 Å². The first-order valence-corrected chi connectivity index (χ1v) is 8.14. The van der Waals surface area contributed by atoms with Gasteiger partial charge in [-0.05, 0) is 18.8 Å². The Morgan fingerprint density at radius 1 is 1.14 bits per heavy atom. The first-order valence-electron chi connectivity index (χ1n) is 8.14. The molecule has 4 nitrogen and oxygen atoms in total. The van der Waals surface area contributed by atoms with Crippen molar-refractivity contribution in [3.63, 3.8) is 0 Å². The Balaban J connectivity index is 2.30. The molecule has 0 aliphatic heterocycles. The lowest BCUT2D eigenvalue weighted by atomic mass is 9.79. The zero-order chi connectivity index (χ0) is 15.7. The van der Waals surface area contributed by atoms with Crippen molar-refractivity contribution in [2.24, 2.45) is 17.8 Å². The van der Waals surface area contributed by atoms with Gasteiger partial charge in [-0.15, -0.1) is 0 Å². The van der Waals surface area contributed by atoms with Crippen LogP contribution in [-0.4, -0.2) is 23.7 Å². The molecule has 3 atom stereocenters. The molecular formula is C17H28O4. The van der Waals surface area contributed by atoms with E-state index >= 15 is 0 Å². The number of hydrogen-bond acceptors (Lipinski definition) is 3. The molecule has 0 spiro atoms. The normalized spacial score (nSPS) is 24.8. The molecule has 1 aliphatic carbocycles. The Labute approximate surface area is 127 Å². The van der Waals surface area contributed by atoms with E-state index in [0.29, 0.717) is 13.0 Å². The maximum atomic E-state index is 12.0. The fourth-order valence-electron chi connectivity index (χ4n) is 2.72. The lowest BCUT2D eigenvalue weighted by Crippen LogP contribution is -2.33. The highest BCUT2D eigenvalue weighted by molar-refractivity contribution is 5.83. The third kappa shape index (κ3) is 6.32. The van der Waals surface area contributed by atoms with Gasteiger partial charge in [-0.25, -0.2) is 0 Å². The molecule has 3 unspecified atom stereocenters. The van der Waals surface area contributed by atoms with Gasteiger partial charge < -0.3 is 9.84 Å². The first kappa shape index (κ1) is 17.7. The van der Waals surface area contributed by atoms with Crippen LogP contribution in [0.3, 0.4) is 0 Å². The fourth-order valence-corrected chi connectivity index (χ4v) is 2.72. The quantitative estimate of drug-likeness (QED) is 0.399. The van der Waals surface area contributed by atoms with Crippen LogP contribution in [0.2, 0.25) is 0 Å². The number of esters is 1. The van der Waals surface area contributed by atoms with Gasteiger partial charge in [0.25, 0.3) is 0 Å². The van der Waals surface area contributed by atoms with Crippen molar-refractivity contribution in [3.05, 3.63) is 12.2 Å². The summed E-state index contributed by atoms with van der Waals surface area (Å²) in [7, 11) is 0. The maximum absolute atomic E-state index is 12.0. The van der Waals surface area contributed by atoms with Crippen molar-refractivity contribution < 1.29 is 19.4 Å². The summed E-state index contributed by atoms with van der Waals surface area (Å²) in [5, 5.41) is 9.23. The summed E-state index contributed by atoms with van der Waals surface area (Å²) in [5.74, 6) is -2.37. The lowest BCUT2D eigenvalue weighted by molar-refractivity contribution is -0.156. The Hall–Kier alpha value is -1.32. The van der Waals surface area contributed by atoms with E-state index in [2.05, 4.69) is 6.92 Å². The van der Waals surface area contributed by atoms with E-state index in [4.69, 9.17) is 4.74 Å². The van der Waals surface area contributed by atoms with Gasteiger partial charge >= 0.3 is 11.9 Å². The smallest absolute Gasteiger partial charge is 0.313 e. The average molecular weight is 296 g/mol. The summed E-state index contributed by atoms with van der Waals surface area (Å²) in [6.07, 6.45) is 10.9. The van der Waals surface area contributed by atoms with Crippen LogP contribution in [0.5, 0.6) is 0 Å². The second-order valence-electron chi connectivity index (χ2n) is 6.00. The summed E-state index contributed by atoms with van der Waals surface area (Å²) < 4.78 is 5.25. The molecule has 21 heavy (non-hydrogen) atoms. The molecule has 120 valence electrons. The van der Waals surface area contributed by atoms with E-state index in [9.17, 15) is 14.7 Å². The van der Waals surface area contributed by atoms with Gasteiger partial charge in [-0.2, -0.15) is 0 Å². The van der Waals surface area contributed by atoms with Crippen molar-refractivity contribution >= 4 is 11.9 Å². The molecule has 0 bridgehead atoms. The van der Waals surface area contributed by atoms with E-state index in [1.807, 2.05) is 13.0 Å². The van der Waals surface area contributed by atoms with Crippen molar-refractivity contribution in [2.45, 2.75) is 58.8 Å². The van der Waals surface area contributed by atoms with Crippen molar-refractivity contribution in [2.75, 3.05) is 6.61 Å². The summed E-state index contributed by atoms with van der Waals surface area (Å²) in [4.78, 5) is 23.3. The lowest BCUT2D eigenvalue weighted by Gasteiger charge is -2.25. The second kappa shape index (κ2) is 9.59. The van der Waals surface area contributed by atoms with Crippen LogP contribution >= 0.6 is 0 Å². The van der Waals surface area contributed by atoms with Crippen LogP contribution in [0.4, 0.5) is 0 Å². The van der Waals surface area contributed by atoms with Gasteiger partial charge in [0.1, 0.15) is 0 Å². The number of unbranched alkanes of at least 4 members (excludes halogenated alkanes) is 5. The molecule has 1 rings (SSSR count). The number of rotatable bonds is 9. The molecular weight excluding hydrogens is 268 g/mol. The molecule has 0 heterocycles. The predicted octanol–water partition coefficient (Wildman–Crippen LogP) is 3.80. The highest BCUT2D eigenvalue weighted by atomic mass is 16.5. The molecule has 0 amide bonds. The topological polar surface area (TPSA) is 63.6 Å². The van der Waals surface area contributed by atoms with Crippen LogP contribution in [0, 0.1) is 17.8 Å². The Morgan fingerprint density at radius 3 is 2.48 bits per heavy atom. The number of ether oxygens (including phenoxy) is 1. The van der Waals surface area contributed by atoms with E-state index < -0.39 is 17.8 Å². The van der Waals surface area contributed by atoms with E-state index in [0.717, 1.165) is 12.8 Å². The summed E-state index contributed by atoms with van der Waals surface area (Å²) in [6.45, 7) is 4.54. The van der Waals surface area contributed by atoms with Crippen molar-refractivity contribution in [3.8, 4) is 0 Å². The molecule has 0 saturated heterocycles. The summed E-state index contributed by atoms with van der Waals surface area (Å²) in [6, 6.07) is 0. The molecule has 1 N–H and O–H groups in total. The van der Waals surface area contributed by atoms with E-state index in [-0.39, 0.29) is 11.9 Å². The fraction of sp³-hybridized carbons (Fsp3) is 0.765. The highest BCUT2D eigenvalue weighted by Gasteiger charge is 2.36. The largest absolute Gasteiger partial charge is 0.481 e. The van der Waals surface area contributed by atoms with E-state index in [1.54, 1.807) is 6.08 Å². The van der Waals surface area contributed by atoms with E-state index in [1.165, 1.54) is 25.7 Å². The first-order chi connectivity index (χ1) is 10.1. The minimum Gasteiger partial charge on any atom is -0.481 e. The minimum atomic E-state index is -0.910. The minimum absolute atomic E-state index is 0.203. The number of aliphatic carboxylic acids is 1. The highest BCUT2D eigenvalue weighted by Crippen LogP contribution is 2.29. The summed E-state index contributed by atoms with van der Waals surface area (Å²) in [5.41, 5.74) is 0. The third-order valence-electron chi connectivity index (χ3n) is 4.04. The predicted molar refractivity (Wildman–Crippen MR) is 81.9 cm³/mol. The van der Waals surface area contributed by atoms with Gasteiger partial charge in [-0.3, -0.25) is 9.59 Å². The molecule has 0 saturated carbocycles. The number of carboxylic acids is 1. The van der Waals surface area contributed by atoms with Crippen LogP contribution in [0.1, 0.15) is 58.8 Å². The van der Waals surface area contributed by atoms with Crippen LogP contribution in [-0.2, 0) is 14.3 Å².